The second kappa shape index (κ2) is 7.04. The van der Waals surface area contributed by atoms with E-state index in [-0.39, 0.29) is 11.8 Å². The second-order valence-electron chi connectivity index (χ2n) is 5.95. The molecule has 3 nitrogen and oxygen atoms in total. The summed E-state index contributed by atoms with van der Waals surface area (Å²) in [4.78, 5) is 2.35. The highest BCUT2D eigenvalue weighted by Crippen LogP contribution is 2.34. The first-order valence-corrected chi connectivity index (χ1v) is 7.51. The predicted octanol–water partition coefficient (Wildman–Crippen LogP) is 2.91. The summed E-state index contributed by atoms with van der Waals surface area (Å²) < 4.78 is 13.6. The normalized spacial score (nSPS) is 18.4. The molecule has 2 N–H and O–H groups in total. The number of phenolic OH excluding ortho intramolecular Hbond substituents is 1. The fourth-order valence-corrected chi connectivity index (χ4v) is 2.82. The van der Waals surface area contributed by atoms with Crippen LogP contribution in [0.5, 0.6) is 5.75 Å². The van der Waals surface area contributed by atoms with E-state index in [4.69, 9.17) is 0 Å². The maximum atomic E-state index is 13.6. The van der Waals surface area contributed by atoms with Gasteiger partial charge in [-0.15, -0.1) is 0 Å². The van der Waals surface area contributed by atoms with E-state index < -0.39 is 5.82 Å². The summed E-state index contributed by atoms with van der Waals surface area (Å²) in [6.07, 6.45) is 2.03. The maximum absolute atomic E-state index is 13.6. The van der Waals surface area contributed by atoms with Gasteiger partial charge < -0.3 is 10.4 Å². The van der Waals surface area contributed by atoms with Gasteiger partial charge in [-0.05, 0) is 24.8 Å². The highest BCUT2D eigenvalue weighted by Gasteiger charge is 2.25. The summed E-state index contributed by atoms with van der Waals surface area (Å²) in [5.41, 5.74) is 0.729. The lowest BCUT2D eigenvalue weighted by atomic mass is 9.95. The Kier molecular flexibility index (Phi) is 5.38. The molecule has 0 bridgehead atoms. The van der Waals surface area contributed by atoms with Gasteiger partial charge in [0.05, 0.1) is 0 Å². The molecule has 4 heteroatoms. The van der Waals surface area contributed by atoms with Crippen LogP contribution in [0.15, 0.2) is 18.2 Å². The van der Waals surface area contributed by atoms with Crippen molar-refractivity contribution in [2.75, 3.05) is 26.2 Å². The summed E-state index contributed by atoms with van der Waals surface area (Å²) in [5, 5.41) is 13.4. The van der Waals surface area contributed by atoms with Gasteiger partial charge in [-0.25, -0.2) is 4.39 Å². The number of hydrogen-bond donors (Lipinski definition) is 2. The van der Waals surface area contributed by atoms with Crippen molar-refractivity contribution in [3.05, 3.63) is 29.6 Å². The molecule has 0 amide bonds. The summed E-state index contributed by atoms with van der Waals surface area (Å²) in [7, 11) is 0. The van der Waals surface area contributed by atoms with Crippen LogP contribution < -0.4 is 5.32 Å². The number of piperazine rings is 1. The van der Waals surface area contributed by atoms with Gasteiger partial charge >= 0.3 is 0 Å². The van der Waals surface area contributed by atoms with E-state index in [0.717, 1.165) is 44.6 Å². The third kappa shape index (κ3) is 3.70. The Labute approximate surface area is 120 Å². The number of hydrogen-bond acceptors (Lipinski definition) is 3. The number of halogens is 1. The van der Waals surface area contributed by atoms with Crippen molar-refractivity contribution in [1.82, 2.24) is 10.2 Å². The highest BCUT2D eigenvalue weighted by molar-refractivity contribution is 5.36. The SMILES string of the molecule is CC(C)CC[C@@H](c1cccc(F)c1O)N1CCNCC1. The largest absolute Gasteiger partial charge is 0.505 e. The van der Waals surface area contributed by atoms with E-state index >= 15 is 0 Å². The lowest BCUT2D eigenvalue weighted by Gasteiger charge is -2.36. The average Bonchev–Trinajstić information content (AvgIpc) is 2.44. The van der Waals surface area contributed by atoms with Gasteiger partial charge in [-0.3, -0.25) is 4.90 Å². The monoisotopic (exact) mass is 280 g/mol. The zero-order valence-corrected chi connectivity index (χ0v) is 12.4. The lowest BCUT2D eigenvalue weighted by Crippen LogP contribution is -2.45. The maximum Gasteiger partial charge on any atom is 0.165 e. The van der Waals surface area contributed by atoms with Crippen LogP contribution in [0.3, 0.4) is 0 Å². The van der Waals surface area contributed by atoms with Gasteiger partial charge in [0.1, 0.15) is 0 Å². The van der Waals surface area contributed by atoms with Crippen LogP contribution in [0.25, 0.3) is 0 Å². The quantitative estimate of drug-likeness (QED) is 0.870. The fraction of sp³-hybridized carbons (Fsp3) is 0.625. The van der Waals surface area contributed by atoms with Gasteiger partial charge in [0, 0.05) is 37.8 Å². The number of para-hydroxylation sites is 1. The van der Waals surface area contributed by atoms with E-state index in [2.05, 4.69) is 24.1 Å². The van der Waals surface area contributed by atoms with Crippen LogP contribution in [0, 0.1) is 11.7 Å². The molecule has 0 aromatic heterocycles. The van der Waals surface area contributed by atoms with E-state index in [9.17, 15) is 9.50 Å². The van der Waals surface area contributed by atoms with Crippen molar-refractivity contribution >= 4 is 0 Å². The minimum absolute atomic E-state index is 0.107. The molecule has 1 heterocycles. The molecule has 0 spiro atoms. The zero-order chi connectivity index (χ0) is 14.5. The molecular weight excluding hydrogens is 255 g/mol. The van der Waals surface area contributed by atoms with Crippen LogP contribution in [-0.4, -0.2) is 36.2 Å². The molecular formula is C16H25FN2O. The van der Waals surface area contributed by atoms with Gasteiger partial charge in [0.2, 0.25) is 0 Å². The zero-order valence-electron chi connectivity index (χ0n) is 12.4. The number of nitrogens with one attached hydrogen (secondary N) is 1. The molecule has 1 aromatic carbocycles. The molecule has 112 valence electrons. The molecule has 0 saturated carbocycles. The van der Waals surface area contributed by atoms with Crippen LogP contribution in [0.2, 0.25) is 0 Å². The number of benzene rings is 1. The first kappa shape index (κ1) is 15.3. The molecule has 1 aliphatic rings. The smallest absolute Gasteiger partial charge is 0.165 e. The van der Waals surface area contributed by atoms with E-state index in [1.807, 2.05) is 6.07 Å². The summed E-state index contributed by atoms with van der Waals surface area (Å²) in [5.74, 6) is -0.0944. The summed E-state index contributed by atoms with van der Waals surface area (Å²) in [6, 6.07) is 4.96. The van der Waals surface area contributed by atoms with Crippen molar-refractivity contribution in [3.8, 4) is 5.75 Å². The van der Waals surface area contributed by atoms with Gasteiger partial charge in [0.15, 0.2) is 11.6 Å². The van der Waals surface area contributed by atoms with Crippen molar-refractivity contribution in [1.29, 1.82) is 0 Å². The van der Waals surface area contributed by atoms with E-state index in [1.54, 1.807) is 6.07 Å². The van der Waals surface area contributed by atoms with Crippen LogP contribution in [0.1, 0.15) is 38.3 Å². The molecule has 0 aliphatic carbocycles. The van der Waals surface area contributed by atoms with Gasteiger partial charge in [-0.2, -0.15) is 0 Å². The van der Waals surface area contributed by atoms with Crippen molar-refractivity contribution in [3.63, 3.8) is 0 Å². The topological polar surface area (TPSA) is 35.5 Å². The standard InChI is InChI=1S/C16H25FN2O/c1-12(2)6-7-15(19-10-8-18-9-11-19)13-4-3-5-14(17)16(13)20/h3-5,12,15,18,20H,6-11H2,1-2H3/t15-/m0/s1. The van der Waals surface area contributed by atoms with Crippen LogP contribution >= 0.6 is 0 Å². The van der Waals surface area contributed by atoms with Crippen LogP contribution in [-0.2, 0) is 0 Å². The third-order valence-electron chi connectivity index (χ3n) is 3.99. The van der Waals surface area contributed by atoms with Crippen LogP contribution in [0.4, 0.5) is 4.39 Å². The molecule has 1 atom stereocenters. The van der Waals surface area contributed by atoms with E-state index in [1.165, 1.54) is 6.07 Å². The minimum atomic E-state index is -0.521. The molecule has 2 rings (SSSR count). The predicted molar refractivity (Wildman–Crippen MR) is 79.3 cm³/mol. The molecule has 20 heavy (non-hydrogen) atoms. The number of nitrogens with zero attached hydrogens (tertiary/aromatic N) is 1. The Hall–Kier alpha value is -1.13. The van der Waals surface area contributed by atoms with Gasteiger partial charge in [0.25, 0.3) is 0 Å². The number of aromatic hydroxyl groups is 1. The molecule has 1 aliphatic heterocycles. The lowest BCUT2D eigenvalue weighted by molar-refractivity contribution is 0.156. The minimum Gasteiger partial charge on any atom is -0.505 e. The number of phenols is 1. The Balaban J connectivity index is 2.22. The first-order valence-electron chi connectivity index (χ1n) is 7.51. The Morgan fingerprint density at radius 1 is 1.25 bits per heavy atom. The number of rotatable bonds is 5. The van der Waals surface area contributed by atoms with Crippen molar-refractivity contribution in [2.24, 2.45) is 5.92 Å². The van der Waals surface area contributed by atoms with Crippen molar-refractivity contribution in [2.45, 2.75) is 32.7 Å². The molecule has 1 fully saturated rings. The Bertz CT molecular complexity index is 430. The Morgan fingerprint density at radius 2 is 1.95 bits per heavy atom. The molecule has 0 radical (unpaired) electrons. The molecule has 1 aromatic rings. The first-order chi connectivity index (χ1) is 9.59. The second-order valence-corrected chi connectivity index (χ2v) is 5.95. The Morgan fingerprint density at radius 3 is 2.60 bits per heavy atom. The average molecular weight is 280 g/mol. The fourth-order valence-electron chi connectivity index (χ4n) is 2.82. The summed E-state index contributed by atoms with van der Waals surface area (Å²) >= 11 is 0. The van der Waals surface area contributed by atoms with E-state index in [0.29, 0.717) is 5.92 Å². The molecule has 0 unspecified atom stereocenters. The van der Waals surface area contributed by atoms with Crippen molar-refractivity contribution < 1.29 is 9.50 Å². The van der Waals surface area contributed by atoms with Gasteiger partial charge in [-0.1, -0.05) is 26.0 Å². The molecule has 1 saturated heterocycles. The summed E-state index contributed by atoms with van der Waals surface area (Å²) in [6.45, 7) is 8.18. The third-order valence-corrected chi connectivity index (χ3v) is 3.99. The highest BCUT2D eigenvalue weighted by atomic mass is 19.1.